The van der Waals surface area contributed by atoms with Crippen molar-refractivity contribution in [1.29, 1.82) is 0 Å². The average Bonchev–Trinajstić information content (AvgIpc) is 3.10. The number of rotatable bonds is 4. The maximum Gasteiger partial charge on any atom is 0.255 e. The Morgan fingerprint density at radius 1 is 1.20 bits per heavy atom. The molecule has 1 unspecified atom stereocenters. The van der Waals surface area contributed by atoms with Crippen LogP contribution in [-0.2, 0) is 11.2 Å². The molecule has 1 aromatic heterocycles. The number of nitrogens with one attached hydrogen (secondary N) is 1. The lowest BCUT2D eigenvalue weighted by molar-refractivity contribution is 0.0931. The number of anilines is 1. The van der Waals surface area contributed by atoms with E-state index in [1.54, 1.807) is 12.3 Å². The van der Waals surface area contributed by atoms with Gasteiger partial charge in [0.25, 0.3) is 5.91 Å². The van der Waals surface area contributed by atoms with E-state index in [9.17, 15) is 4.79 Å². The molecule has 1 atom stereocenters. The van der Waals surface area contributed by atoms with Gasteiger partial charge in [-0.15, -0.1) is 0 Å². The number of benzene rings is 1. The van der Waals surface area contributed by atoms with Crippen LogP contribution < -0.4 is 15.0 Å². The maximum absolute atomic E-state index is 12.7. The Morgan fingerprint density at radius 2 is 2.04 bits per heavy atom. The lowest BCUT2D eigenvalue weighted by Gasteiger charge is -2.29. The van der Waals surface area contributed by atoms with Crippen molar-refractivity contribution in [2.24, 2.45) is 0 Å². The molecule has 1 fully saturated rings. The van der Waals surface area contributed by atoms with Gasteiger partial charge in [-0.05, 0) is 23.8 Å². The van der Waals surface area contributed by atoms with E-state index in [-0.39, 0.29) is 12.0 Å². The molecule has 4 rings (SSSR count). The van der Waals surface area contributed by atoms with Gasteiger partial charge in [-0.25, -0.2) is 4.98 Å². The summed E-state index contributed by atoms with van der Waals surface area (Å²) in [6, 6.07) is 11.6. The Hall–Kier alpha value is -2.60. The van der Waals surface area contributed by atoms with Crippen LogP contribution in [0.25, 0.3) is 0 Å². The molecular formula is C19H21N3O3. The van der Waals surface area contributed by atoms with Gasteiger partial charge in [0.1, 0.15) is 17.7 Å². The van der Waals surface area contributed by atoms with E-state index in [2.05, 4.69) is 21.3 Å². The summed E-state index contributed by atoms with van der Waals surface area (Å²) in [5.74, 6) is 1.52. The summed E-state index contributed by atoms with van der Waals surface area (Å²) in [6.45, 7) is 3.29. The third kappa shape index (κ3) is 3.44. The molecule has 2 aliphatic rings. The molecule has 6 heteroatoms. The Kier molecular flexibility index (Phi) is 4.52. The monoisotopic (exact) mass is 339 g/mol. The van der Waals surface area contributed by atoms with Crippen LogP contribution in [0.2, 0.25) is 0 Å². The molecule has 6 nitrogen and oxygen atoms in total. The van der Waals surface area contributed by atoms with Gasteiger partial charge in [-0.2, -0.15) is 0 Å². The number of morpholine rings is 1. The summed E-state index contributed by atoms with van der Waals surface area (Å²) in [7, 11) is 0. The van der Waals surface area contributed by atoms with Crippen molar-refractivity contribution in [3.63, 3.8) is 0 Å². The minimum absolute atomic E-state index is 0.0233. The number of ether oxygens (including phenoxy) is 2. The van der Waals surface area contributed by atoms with Crippen LogP contribution in [0.4, 0.5) is 5.82 Å². The van der Waals surface area contributed by atoms with E-state index >= 15 is 0 Å². The molecule has 0 bridgehead atoms. The number of amides is 1. The molecule has 0 saturated carbocycles. The first-order chi connectivity index (χ1) is 12.3. The first-order valence-corrected chi connectivity index (χ1v) is 8.62. The summed E-state index contributed by atoms with van der Waals surface area (Å²) in [6.07, 6.45) is 2.52. The van der Waals surface area contributed by atoms with Gasteiger partial charge in [0.15, 0.2) is 0 Å². The van der Waals surface area contributed by atoms with Crippen molar-refractivity contribution in [3.8, 4) is 5.75 Å². The smallest absolute Gasteiger partial charge is 0.255 e. The summed E-state index contributed by atoms with van der Waals surface area (Å²) in [4.78, 5) is 19.2. The number of fused-ring (bicyclic) bond motifs is 1. The molecule has 2 aromatic rings. The summed E-state index contributed by atoms with van der Waals surface area (Å²) in [5, 5.41) is 2.99. The molecule has 1 amide bonds. The lowest BCUT2D eigenvalue weighted by Crippen LogP contribution is -2.39. The van der Waals surface area contributed by atoms with Crippen LogP contribution in [0, 0.1) is 0 Å². The second-order valence-corrected chi connectivity index (χ2v) is 6.24. The lowest BCUT2D eigenvalue weighted by atomic mass is 10.1. The number of pyridine rings is 1. The standard InChI is InChI=1S/C19H21N3O3/c23-19(21-13-15-12-14-4-1-2-6-17(14)25-15)16-5-3-7-20-18(16)22-8-10-24-11-9-22/h1-7,15H,8-13H2,(H,21,23). The van der Waals surface area contributed by atoms with E-state index in [4.69, 9.17) is 9.47 Å². The summed E-state index contributed by atoms with van der Waals surface area (Å²) >= 11 is 0. The Bertz CT molecular complexity index is 734. The fraction of sp³-hybridized carbons (Fsp3) is 0.368. The highest BCUT2D eigenvalue weighted by Gasteiger charge is 2.24. The molecular weight excluding hydrogens is 318 g/mol. The molecule has 1 aromatic carbocycles. The molecule has 0 radical (unpaired) electrons. The van der Waals surface area contributed by atoms with Crippen molar-refractivity contribution in [3.05, 3.63) is 53.7 Å². The minimum Gasteiger partial charge on any atom is -0.488 e. The zero-order valence-electron chi connectivity index (χ0n) is 14.0. The number of hydrogen-bond acceptors (Lipinski definition) is 5. The van der Waals surface area contributed by atoms with Crippen LogP contribution in [0.15, 0.2) is 42.6 Å². The quantitative estimate of drug-likeness (QED) is 0.918. The number of hydrogen-bond donors (Lipinski definition) is 1. The average molecular weight is 339 g/mol. The molecule has 0 spiro atoms. The van der Waals surface area contributed by atoms with Crippen LogP contribution in [-0.4, -0.2) is 49.8 Å². The Morgan fingerprint density at radius 3 is 2.88 bits per heavy atom. The Labute approximate surface area is 146 Å². The van der Waals surface area contributed by atoms with Crippen LogP contribution in [0.1, 0.15) is 15.9 Å². The first-order valence-electron chi connectivity index (χ1n) is 8.62. The molecule has 130 valence electrons. The molecule has 2 aliphatic heterocycles. The van der Waals surface area contributed by atoms with Crippen LogP contribution in [0.5, 0.6) is 5.75 Å². The van der Waals surface area contributed by atoms with Gasteiger partial charge < -0.3 is 19.7 Å². The van der Waals surface area contributed by atoms with Crippen LogP contribution >= 0.6 is 0 Å². The predicted octanol–water partition coefficient (Wildman–Crippen LogP) is 1.65. The number of carbonyl (C=O) groups is 1. The largest absolute Gasteiger partial charge is 0.488 e. The van der Waals surface area contributed by atoms with E-state index in [0.717, 1.165) is 31.1 Å². The minimum atomic E-state index is -0.117. The highest BCUT2D eigenvalue weighted by atomic mass is 16.5. The number of carbonyl (C=O) groups excluding carboxylic acids is 1. The second kappa shape index (κ2) is 7.11. The van der Waals surface area contributed by atoms with Gasteiger partial charge in [0, 0.05) is 25.7 Å². The molecule has 1 saturated heterocycles. The number of nitrogens with zero attached hydrogens (tertiary/aromatic N) is 2. The van der Waals surface area contributed by atoms with E-state index in [1.807, 2.05) is 24.3 Å². The Balaban J connectivity index is 1.40. The van der Waals surface area contributed by atoms with Crippen LogP contribution in [0.3, 0.4) is 0 Å². The van der Waals surface area contributed by atoms with E-state index in [1.165, 1.54) is 5.56 Å². The highest BCUT2D eigenvalue weighted by Crippen LogP contribution is 2.27. The van der Waals surface area contributed by atoms with E-state index in [0.29, 0.717) is 25.3 Å². The summed E-state index contributed by atoms with van der Waals surface area (Å²) in [5.41, 5.74) is 1.79. The van der Waals surface area contributed by atoms with Gasteiger partial charge >= 0.3 is 0 Å². The third-order valence-corrected chi connectivity index (χ3v) is 4.55. The zero-order valence-corrected chi connectivity index (χ0v) is 14.0. The molecule has 3 heterocycles. The summed E-state index contributed by atoms with van der Waals surface area (Å²) < 4.78 is 11.3. The number of aromatic nitrogens is 1. The maximum atomic E-state index is 12.7. The van der Waals surface area contributed by atoms with Gasteiger partial charge in [-0.3, -0.25) is 4.79 Å². The number of para-hydroxylation sites is 1. The second-order valence-electron chi connectivity index (χ2n) is 6.24. The fourth-order valence-electron chi connectivity index (χ4n) is 3.27. The normalized spacial score (nSPS) is 19.2. The van der Waals surface area contributed by atoms with Gasteiger partial charge in [-0.1, -0.05) is 18.2 Å². The fourth-order valence-corrected chi connectivity index (χ4v) is 3.27. The van der Waals surface area contributed by atoms with Crippen molar-refractivity contribution in [2.75, 3.05) is 37.7 Å². The first kappa shape index (κ1) is 15.9. The van der Waals surface area contributed by atoms with Crippen molar-refractivity contribution in [2.45, 2.75) is 12.5 Å². The molecule has 1 N–H and O–H groups in total. The van der Waals surface area contributed by atoms with Crippen molar-refractivity contribution in [1.82, 2.24) is 10.3 Å². The SMILES string of the molecule is O=C(NCC1Cc2ccccc2O1)c1cccnc1N1CCOCC1. The highest BCUT2D eigenvalue weighted by molar-refractivity contribution is 5.98. The van der Waals surface area contributed by atoms with Crippen molar-refractivity contribution < 1.29 is 14.3 Å². The van der Waals surface area contributed by atoms with Gasteiger partial charge in [0.05, 0.1) is 25.3 Å². The van der Waals surface area contributed by atoms with E-state index < -0.39 is 0 Å². The predicted molar refractivity (Wildman–Crippen MR) is 94.2 cm³/mol. The zero-order chi connectivity index (χ0) is 17.1. The van der Waals surface area contributed by atoms with Crippen molar-refractivity contribution >= 4 is 11.7 Å². The van der Waals surface area contributed by atoms with Gasteiger partial charge in [0.2, 0.25) is 0 Å². The molecule has 0 aliphatic carbocycles. The third-order valence-electron chi connectivity index (χ3n) is 4.55. The topological polar surface area (TPSA) is 63.7 Å². The molecule has 25 heavy (non-hydrogen) atoms.